The van der Waals surface area contributed by atoms with Crippen LogP contribution in [0.4, 0.5) is 10.5 Å². The van der Waals surface area contributed by atoms with E-state index in [1.807, 2.05) is 26.0 Å². The Morgan fingerprint density at radius 2 is 1.87 bits per heavy atom. The molecular formula is C23H25N3O5. The maximum Gasteiger partial charge on any atom is 0.325 e. The fourth-order valence-electron chi connectivity index (χ4n) is 3.73. The third-order valence-corrected chi connectivity index (χ3v) is 5.78. The van der Waals surface area contributed by atoms with Crippen molar-refractivity contribution < 1.29 is 23.9 Å². The Morgan fingerprint density at radius 1 is 1.13 bits per heavy atom. The van der Waals surface area contributed by atoms with Gasteiger partial charge in [-0.25, -0.2) is 4.79 Å². The van der Waals surface area contributed by atoms with E-state index in [4.69, 9.17) is 9.47 Å². The monoisotopic (exact) mass is 423 g/mol. The summed E-state index contributed by atoms with van der Waals surface area (Å²) in [5, 5.41) is 5.50. The molecule has 1 fully saturated rings. The summed E-state index contributed by atoms with van der Waals surface area (Å²) >= 11 is 0. The van der Waals surface area contributed by atoms with E-state index in [-0.39, 0.29) is 6.54 Å². The Hall–Kier alpha value is -3.55. The second kappa shape index (κ2) is 7.94. The highest BCUT2D eigenvalue weighted by atomic mass is 16.5. The molecule has 31 heavy (non-hydrogen) atoms. The normalized spacial score (nSPS) is 20.3. The number of nitrogens with zero attached hydrogens (tertiary/aromatic N) is 1. The number of benzene rings is 2. The molecule has 2 N–H and O–H groups in total. The summed E-state index contributed by atoms with van der Waals surface area (Å²) in [5.41, 5.74) is 1.89. The second-order valence-corrected chi connectivity index (χ2v) is 7.95. The number of hydrogen-bond acceptors (Lipinski definition) is 5. The van der Waals surface area contributed by atoms with E-state index in [1.54, 1.807) is 31.2 Å². The molecule has 0 aliphatic carbocycles. The standard InChI is InChI=1S/C23H25N3O5/c1-14-6-4-7-17(15(14)2)24-20(27)13-26-21(28)23(3,25-22(26)29)16-8-9-18-19(12-16)31-11-5-10-30-18/h4,6-9,12H,5,10-11,13H2,1-3H3,(H,24,27)(H,25,29)/t23-/m1/s1. The molecule has 8 heteroatoms. The van der Waals surface area contributed by atoms with Crippen molar-refractivity contribution in [2.75, 3.05) is 25.1 Å². The number of carbonyl (C=O) groups is 3. The first-order valence-corrected chi connectivity index (χ1v) is 10.2. The van der Waals surface area contributed by atoms with E-state index in [0.29, 0.717) is 36.0 Å². The van der Waals surface area contributed by atoms with Crippen LogP contribution in [0.25, 0.3) is 0 Å². The van der Waals surface area contributed by atoms with Crippen molar-refractivity contribution in [3.63, 3.8) is 0 Å². The van der Waals surface area contributed by atoms with Gasteiger partial charge in [0.2, 0.25) is 5.91 Å². The van der Waals surface area contributed by atoms with Crippen molar-refractivity contribution in [2.45, 2.75) is 32.7 Å². The molecule has 4 amide bonds. The molecule has 2 heterocycles. The molecule has 0 saturated carbocycles. The lowest BCUT2D eigenvalue weighted by atomic mass is 9.91. The number of carbonyl (C=O) groups excluding carboxylic acids is 3. The quantitative estimate of drug-likeness (QED) is 0.737. The van der Waals surface area contributed by atoms with Gasteiger partial charge in [0, 0.05) is 12.1 Å². The van der Waals surface area contributed by atoms with Crippen LogP contribution in [0, 0.1) is 13.8 Å². The van der Waals surface area contributed by atoms with Crippen LogP contribution in [-0.4, -0.2) is 42.5 Å². The van der Waals surface area contributed by atoms with Crippen molar-refractivity contribution in [1.82, 2.24) is 10.2 Å². The first-order chi connectivity index (χ1) is 14.8. The van der Waals surface area contributed by atoms with Crippen LogP contribution in [0.15, 0.2) is 36.4 Å². The van der Waals surface area contributed by atoms with Gasteiger partial charge in [-0.2, -0.15) is 0 Å². The van der Waals surface area contributed by atoms with Gasteiger partial charge in [-0.1, -0.05) is 18.2 Å². The predicted molar refractivity (Wildman–Crippen MR) is 114 cm³/mol. The smallest absolute Gasteiger partial charge is 0.325 e. The largest absolute Gasteiger partial charge is 0.490 e. The SMILES string of the molecule is Cc1cccc(NC(=O)CN2C(=O)N[C@](C)(c3ccc4c(c3)OCCCO4)C2=O)c1C. The number of nitrogens with one attached hydrogen (secondary N) is 2. The average molecular weight is 423 g/mol. The number of amides is 4. The number of imide groups is 1. The molecule has 1 saturated heterocycles. The Labute approximate surface area is 180 Å². The van der Waals surface area contributed by atoms with Crippen LogP contribution in [0.3, 0.4) is 0 Å². The van der Waals surface area contributed by atoms with Gasteiger partial charge >= 0.3 is 6.03 Å². The van der Waals surface area contributed by atoms with Crippen molar-refractivity contribution in [1.29, 1.82) is 0 Å². The first kappa shape index (κ1) is 20.7. The van der Waals surface area contributed by atoms with E-state index < -0.39 is 23.4 Å². The van der Waals surface area contributed by atoms with Gasteiger partial charge in [-0.05, 0) is 55.7 Å². The zero-order valence-electron chi connectivity index (χ0n) is 17.8. The van der Waals surface area contributed by atoms with Crippen LogP contribution < -0.4 is 20.1 Å². The summed E-state index contributed by atoms with van der Waals surface area (Å²) in [5.74, 6) is 0.194. The number of hydrogen-bond donors (Lipinski definition) is 2. The summed E-state index contributed by atoms with van der Waals surface area (Å²) in [6.45, 7) is 6.16. The zero-order chi connectivity index (χ0) is 22.2. The van der Waals surface area contributed by atoms with Crippen LogP contribution in [0.2, 0.25) is 0 Å². The van der Waals surface area contributed by atoms with Gasteiger partial charge in [0.1, 0.15) is 12.1 Å². The molecule has 0 aromatic heterocycles. The summed E-state index contributed by atoms with van der Waals surface area (Å²) in [7, 11) is 0. The van der Waals surface area contributed by atoms with E-state index >= 15 is 0 Å². The van der Waals surface area contributed by atoms with Gasteiger partial charge < -0.3 is 20.1 Å². The van der Waals surface area contributed by atoms with E-state index in [0.717, 1.165) is 22.4 Å². The Morgan fingerprint density at radius 3 is 2.65 bits per heavy atom. The fraction of sp³-hybridized carbons (Fsp3) is 0.348. The molecular weight excluding hydrogens is 398 g/mol. The molecule has 0 bridgehead atoms. The summed E-state index contributed by atoms with van der Waals surface area (Å²) in [6, 6.07) is 10.1. The minimum atomic E-state index is -1.30. The van der Waals surface area contributed by atoms with Gasteiger partial charge in [-0.3, -0.25) is 14.5 Å². The molecule has 2 aliphatic rings. The highest BCUT2D eigenvalue weighted by Gasteiger charge is 2.49. The number of rotatable bonds is 4. The Bertz CT molecular complexity index is 1070. The second-order valence-electron chi connectivity index (χ2n) is 7.95. The molecule has 0 unspecified atom stereocenters. The highest BCUT2D eigenvalue weighted by Crippen LogP contribution is 2.36. The molecule has 162 valence electrons. The van der Waals surface area contributed by atoms with Crippen molar-refractivity contribution >= 4 is 23.5 Å². The molecule has 8 nitrogen and oxygen atoms in total. The number of aryl methyl sites for hydroxylation is 1. The Kier molecular flexibility index (Phi) is 5.31. The molecule has 0 spiro atoms. The maximum absolute atomic E-state index is 13.2. The number of fused-ring (bicyclic) bond motifs is 1. The molecule has 2 aromatic carbocycles. The topological polar surface area (TPSA) is 97.0 Å². The summed E-state index contributed by atoms with van der Waals surface area (Å²) in [6.07, 6.45) is 0.764. The minimum Gasteiger partial charge on any atom is -0.490 e. The minimum absolute atomic E-state index is 0.377. The number of ether oxygens (including phenoxy) is 2. The molecule has 4 rings (SSSR count). The van der Waals surface area contributed by atoms with Crippen molar-refractivity contribution in [3.8, 4) is 11.5 Å². The maximum atomic E-state index is 13.2. The first-order valence-electron chi connectivity index (χ1n) is 10.2. The predicted octanol–water partition coefficient (Wildman–Crippen LogP) is 2.87. The lowest BCUT2D eigenvalue weighted by Gasteiger charge is -2.23. The lowest BCUT2D eigenvalue weighted by molar-refractivity contribution is -0.133. The van der Waals surface area contributed by atoms with Crippen LogP contribution in [0.1, 0.15) is 30.0 Å². The molecule has 2 aromatic rings. The molecule has 1 atom stereocenters. The van der Waals surface area contributed by atoms with Gasteiger partial charge in [-0.15, -0.1) is 0 Å². The number of urea groups is 1. The summed E-state index contributed by atoms with van der Waals surface area (Å²) < 4.78 is 11.3. The van der Waals surface area contributed by atoms with Crippen molar-refractivity contribution in [3.05, 3.63) is 53.1 Å². The highest BCUT2D eigenvalue weighted by molar-refractivity contribution is 6.10. The van der Waals surface area contributed by atoms with E-state index in [1.165, 1.54) is 0 Å². The van der Waals surface area contributed by atoms with E-state index in [2.05, 4.69) is 10.6 Å². The van der Waals surface area contributed by atoms with Crippen molar-refractivity contribution in [2.24, 2.45) is 0 Å². The lowest BCUT2D eigenvalue weighted by Crippen LogP contribution is -2.42. The van der Waals surface area contributed by atoms with Crippen LogP contribution in [0.5, 0.6) is 11.5 Å². The van der Waals surface area contributed by atoms with Crippen LogP contribution >= 0.6 is 0 Å². The third-order valence-electron chi connectivity index (χ3n) is 5.78. The molecule has 0 radical (unpaired) electrons. The fourth-order valence-corrected chi connectivity index (χ4v) is 3.73. The average Bonchev–Trinajstić information content (AvgIpc) is 2.91. The molecule has 2 aliphatic heterocycles. The summed E-state index contributed by atoms with van der Waals surface area (Å²) in [4.78, 5) is 39.3. The van der Waals surface area contributed by atoms with Crippen LogP contribution in [-0.2, 0) is 15.1 Å². The zero-order valence-corrected chi connectivity index (χ0v) is 17.8. The number of anilines is 1. The van der Waals surface area contributed by atoms with Gasteiger partial charge in [0.05, 0.1) is 13.2 Å². The Balaban J connectivity index is 1.52. The van der Waals surface area contributed by atoms with E-state index in [9.17, 15) is 14.4 Å². The third kappa shape index (κ3) is 3.81. The van der Waals surface area contributed by atoms with Gasteiger partial charge in [0.15, 0.2) is 11.5 Å². The van der Waals surface area contributed by atoms with Gasteiger partial charge in [0.25, 0.3) is 5.91 Å².